The van der Waals surface area contributed by atoms with Crippen molar-refractivity contribution in [1.82, 2.24) is 20.0 Å². The average Bonchev–Trinajstić information content (AvgIpc) is 3.32. The molecule has 0 aliphatic carbocycles. The molecule has 4 rings (SSSR count). The molecule has 1 aromatic heterocycles. The van der Waals surface area contributed by atoms with E-state index in [1.165, 1.54) is 6.07 Å². The molecule has 3 aromatic rings. The quantitative estimate of drug-likeness (QED) is 0.513. The maximum absolute atomic E-state index is 14.0. The maximum Gasteiger partial charge on any atom is 0.434 e. The van der Waals surface area contributed by atoms with E-state index < -0.39 is 23.3 Å². The number of hydrogen-bond acceptors (Lipinski definition) is 3. The van der Waals surface area contributed by atoms with Crippen molar-refractivity contribution in [2.24, 2.45) is 0 Å². The van der Waals surface area contributed by atoms with E-state index in [-0.39, 0.29) is 23.6 Å². The predicted molar refractivity (Wildman–Crippen MR) is 130 cm³/mol. The number of rotatable bonds is 6. The lowest BCUT2D eigenvalue weighted by atomic mass is 9.93. The third kappa shape index (κ3) is 5.29. The van der Waals surface area contributed by atoms with E-state index >= 15 is 0 Å². The molecule has 1 fully saturated rings. The molecule has 1 saturated heterocycles. The topological polar surface area (TPSA) is 67.2 Å². The van der Waals surface area contributed by atoms with E-state index in [1.54, 1.807) is 30.0 Å². The molecule has 2 heterocycles. The maximum atomic E-state index is 14.0. The summed E-state index contributed by atoms with van der Waals surface area (Å²) < 4.78 is 42.8. The summed E-state index contributed by atoms with van der Waals surface area (Å²) in [5.41, 5.74) is 0.219. The van der Waals surface area contributed by atoms with Crippen molar-refractivity contribution < 1.29 is 22.8 Å². The van der Waals surface area contributed by atoms with Crippen molar-refractivity contribution in [2.45, 2.75) is 51.2 Å². The summed E-state index contributed by atoms with van der Waals surface area (Å²) in [6, 6.07) is 15.8. The SMILES string of the molecule is CC[C@H](C(=O)N1CCC(NC(=O)c2cnn(-c3ccccc3C)c2C(F)(F)F)CC1)c1ccccc1. The van der Waals surface area contributed by atoms with Crippen LogP contribution < -0.4 is 5.32 Å². The molecule has 0 saturated carbocycles. The lowest BCUT2D eigenvalue weighted by Crippen LogP contribution is -2.47. The van der Waals surface area contributed by atoms with Crippen LogP contribution in [0.2, 0.25) is 0 Å². The van der Waals surface area contributed by atoms with Crippen LogP contribution in [0, 0.1) is 6.92 Å². The smallest absolute Gasteiger partial charge is 0.349 e. The first kappa shape index (κ1) is 25.5. The van der Waals surface area contributed by atoms with E-state index in [1.807, 2.05) is 37.3 Å². The van der Waals surface area contributed by atoms with Crippen LogP contribution in [0.4, 0.5) is 13.2 Å². The second-order valence-electron chi connectivity index (χ2n) is 9.05. The summed E-state index contributed by atoms with van der Waals surface area (Å²) in [7, 11) is 0. The number of hydrogen-bond donors (Lipinski definition) is 1. The average molecular weight is 499 g/mol. The van der Waals surface area contributed by atoms with Crippen LogP contribution in [-0.4, -0.2) is 45.6 Å². The predicted octanol–water partition coefficient (Wildman–Crippen LogP) is 5.11. The number of nitrogens with one attached hydrogen (secondary N) is 1. The minimum Gasteiger partial charge on any atom is -0.349 e. The number of aryl methyl sites for hydroxylation is 1. The van der Waals surface area contributed by atoms with E-state index in [4.69, 9.17) is 0 Å². The van der Waals surface area contributed by atoms with Crippen molar-refractivity contribution in [3.63, 3.8) is 0 Å². The Kier molecular flexibility index (Phi) is 7.47. The second-order valence-corrected chi connectivity index (χ2v) is 9.05. The van der Waals surface area contributed by atoms with Gasteiger partial charge in [-0.05, 0) is 43.4 Å². The van der Waals surface area contributed by atoms with Gasteiger partial charge in [0.2, 0.25) is 5.91 Å². The Labute approximate surface area is 208 Å². The Morgan fingerprint density at radius 2 is 1.69 bits per heavy atom. The molecule has 2 amide bonds. The molecule has 0 radical (unpaired) electrons. The van der Waals surface area contributed by atoms with E-state index in [0.29, 0.717) is 37.9 Å². The number of alkyl halides is 3. The van der Waals surface area contributed by atoms with Gasteiger partial charge in [-0.15, -0.1) is 0 Å². The molecule has 1 N–H and O–H groups in total. The van der Waals surface area contributed by atoms with E-state index in [2.05, 4.69) is 10.4 Å². The summed E-state index contributed by atoms with van der Waals surface area (Å²) in [5, 5.41) is 6.63. The Hall–Kier alpha value is -3.62. The fourth-order valence-electron chi connectivity index (χ4n) is 4.74. The molecule has 190 valence electrons. The molecular formula is C27H29F3N4O2. The highest BCUT2D eigenvalue weighted by atomic mass is 19.4. The number of halogens is 3. The number of carbonyl (C=O) groups excluding carboxylic acids is 2. The first-order valence-corrected chi connectivity index (χ1v) is 12.1. The summed E-state index contributed by atoms with van der Waals surface area (Å²) >= 11 is 0. The van der Waals surface area contributed by atoms with Gasteiger partial charge in [0.05, 0.1) is 23.4 Å². The van der Waals surface area contributed by atoms with Crippen LogP contribution in [0.5, 0.6) is 0 Å². The van der Waals surface area contributed by atoms with Gasteiger partial charge in [0.1, 0.15) is 0 Å². The first-order chi connectivity index (χ1) is 17.2. The third-order valence-electron chi connectivity index (χ3n) is 6.68. The highest BCUT2D eigenvalue weighted by Gasteiger charge is 2.41. The number of benzene rings is 2. The zero-order valence-electron chi connectivity index (χ0n) is 20.3. The van der Waals surface area contributed by atoms with Crippen molar-refractivity contribution >= 4 is 11.8 Å². The number of para-hydroxylation sites is 1. The molecular weight excluding hydrogens is 469 g/mol. The largest absolute Gasteiger partial charge is 0.434 e. The number of amides is 2. The zero-order chi connectivity index (χ0) is 25.9. The molecule has 1 aliphatic heterocycles. The molecule has 0 spiro atoms. The van der Waals surface area contributed by atoms with Crippen molar-refractivity contribution in [2.75, 3.05) is 13.1 Å². The Morgan fingerprint density at radius 1 is 1.06 bits per heavy atom. The third-order valence-corrected chi connectivity index (χ3v) is 6.68. The van der Waals surface area contributed by atoms with Crippen molar-refractivity contribution in [3.05, 3.63) is 83.2 Å². The fourth-order valence-corrected chi connectivity index (χ4v) is 4.74. The molecule has 9 heteroatoms. The van der Waals surface area contributed by atoms with Crippen LogP contribution >= 0.6 is 0 Å². The monoisotopic (exact) mass is 498 g/mol. The minimum atomic E-state index is -4.77. The number of carbonyl (C=O) groups is 2. The summed E-state index contributed by atoms with van der Waals surface area (Å²) in [4.78, 5) is 27.8. The molecule has 36 heavy (non-hydrogen) atoms. The van der Waals surface area contributed by atoms with Gasteiger partial charge in [-0.1, -0.05) is 55.5 Å². The zero-order valence-corrected chi connectivity index (χ0v) is 20.3. The van der Waals surface area contributed by atoms with Crippen molar-refractivity contribution in [3.8, 4) is 5.69 Å². The van der Waals surface area contributed by atoms with Gasteiger partial charge in [-0.25, -0.2) is 4.68 Å². The number of piperidine rings is 1. The highest BCUT2D eigenvalue weighted by Crippen LogP contribution is 2.34. The number of nitrogens with zero attached hydrogens (tertiary/aromatic N) is 3. The van der Waals surface area contributed by atoms with Crippen LogP contribution in [0.3, 0.4) is 0 Å². The van der Waals surface area contributed by atoms with Crippen molar-refractivity contribution in [1.29, 1.82) is 0 Å². The lowest BCUT2D eigenvalue weighted by Gasteiger charge is -2.34. The van der Waals surface area contributed by atoms with Gasteiger partial charge in [0.15, 0.2) is 5.69 Å². The van der Waals surface area contributed by atoms with Crippen LogP contribution in [0.15, 0.2) is 60.8 Å². The lowest BCUT2D eigenvalue weighted by molar-refractivity contribution is -0.143. The molecule has 2 aromatic carbocycles. The van der Waals surface area contributed by atoms with Crippen LogP contribution in [-0.2, 0) is 11.0 Å². The normalized spacial score (nSPS) is 15.5. The van der Waals surface area contributed by atoms with Gasteiger partial charge in [-0.2, -0.15) is 18.3 Å². The summed E-state index contributed by atoms with van der Waals surface area (Å²) in [6.07, 6.45) is -2.20. The Balaban J connectivity index is 1.45. The van der Waals surface area contributed by atoms with E-state index in [9.17, 15) is 22.8 Å². The van der Waals surface area contributed by atoms with Gasteiger partial charge in [0, 0.05) is 19.1 Å². The first-order valence-electron chi connectivity index (χ1n) is 12.1. The van der Waals surface area contributed by atoms with Gasteiger partial charge in [-0.3, -0.25) is 9.59 Å². The number of aromatic nitrogens is 2. The van der Waals surface area contributed by atoms with Gasteiger partial charge >= 0.3 is 6.18 Å². The van der Waals surface area contributed by atoms with E-state index in [0.717, 1.165) is 16.4 Å². The molecule has 6 nitrogen and oxygen atoms in total. The number of likely N-dealkylation sites (tertiary alicyclic amines) is 1. The summed E-state index contributed by atoms with van der Waals surface area (Å²) in [5.74, 6) is -1.02. The molecule has 1 atom stereocenters. The molecule has 0 bridgehead atoms. The van der Waals surface area contributed by atoms with Crippen LogP contribution in [0.1, 0.15) is 59.3 Å². The second kappa shape index (κ2) is 10.6. The molecule has 1 aliphatic rings. The van der Waals surface area contributed by atoms with Gasteiger partial charge in [0.25, 0.3) is 5.91 Å². The summed E-state index contributed by atoms with van der Waals surface area (Å²) in [6.45, 7) is 4.52. The molecule has 0 unspecified atom stereocenters. The van der Waals surface area contributed by atoms with Crippen LogP contribution in [0.25, 0.3) is 5.69 Å². The Bertz CT molecular complexity index is 1220. The minimum absolute atomic E-state index is 0.0346. The Morgan fingerprint density at radius 3 is 2.31 bits per heavy atom. The fraction of sp³-hybridized carbons (Fsp3) is 0.370. The van der Waals surface area contributed by atoms with Gasteiger partial charge < -0.3 is 10.2 Å². The standard InChI is InChI=1S/C27H29F3N4O2/c1-3-21(19-10-5-4-6-11-19)26(36)33-15-13-20(14-16-33)32-25(35)22-17-31-34(24(22)27(28,29)30)23-12-8-7-9-18(23)2/h4-12,17,20-21H,3,13-16H2,1-2H3,(H,32,35)/t21-/m0/s1. The highest BCUT2D eigenvalue weighted by molar-refractivity contribution is 5.95.